The molecule has 1 aromatic carbocycles. The van der Waals surface area contributed by atoms with Gasteiger partial charge < -0.3 is 19.9 Å². The van der Waals surface area contributed by atoms with Crippen molar-refractivity contribution in [2.24, 2.45) is 5.73 Å². The Hall–Kier alpha value is -2.47. The molecular formula is C18H20ClNO5. The molecule has 6 nitrogen and oxygen atoms in total. The summed E-state index contributed by atoms with van der Waals surface area (Å²) in [5, 5.41) is 0.531. The lowest BCUT2D eigenvalue weighted by Crippen LogP contribution is -2.30. The van der Waals surface area contributed by atoms with E-state index in [1.54, 1.807) is 45.0 Å². The van der Waals surface area contributed by atoms with E-state index in [-0.39, 0.29) is 36.0 Å². The van der Waals surface area contributed by atoms with Crippen molar-refractivity contribution in [1.29, 1.82) is 0 Å². The Balaban J connectivity index is 2.61. The molecule has 0 aliphatic carbocycles. The Bertz CT molecular complexity index is 696. The Morgan fingerprint density at radius 1 is 1.08 bits per heavy atom. The minimum atomic E-state index is -0.760. The summed E-state index contributed by atoms with van der Waals surface area (Å²) in [6.07, 6.45) is 0. The lowest BCUT2D eigenvalue weighted by molar-refractivity contribution is -0.140. The zero-order valence-electron chi connectivity index (χ0n) is 14.3. The summed E-state index contributed by atoms with van der Waals surface area (Å²) in [6.45, 7) is 5.34. The van der Waals surface area contributed by atoms with E-state index in [0.29, 0.717) is 10.6 Å². The van der Waals surface area contributed by atoms with Gasteiger partial charge in [0.2, 0.25) is 5.88 Å². The predicted molar refractivity (Wildman–Crippen MR) is 92.5 cm³/mol. The van der Waals surface area contributed by atoms with Crippen molar-refractivity contribution in [3.63, 3.8) is 0 Å². The molecule has 25 heavy (non-hydrogen) atoms. The first-order valence-electron chi connectivity index (χ1n) is 7.88. The van der Waals surface area contributed by atoms with Crippen molar-refractivity contribution in [3.8, 4) is 0 Å². The van der Waals surface area contributed by atoms with Gasteiger partial charge in [-0.25, -0.2) is 9.59 Å². The number of nitrogens with two attached hydrogens (primary N) is 1. The van der Waals surface area contributed by atoms with Crippen LogP contribution in [-0.2, 0) is 23.8 Å². The maximum absolute atomic E-state index is 12.5. The fourth-order valence-electron chi connectivity index (χ4n) is 2.65. The summed E-state index contributed by atoms with van der Waals surface area (Å²) in [7, 11) is 0. The minimum absolute atomic E-state index is 0.0674. The van der Waals surface area contributed by atoms with Gasteiger partial charge >= 0.3 is 11.9 Å². The molecule has 134 valence electrons. The van der Waals surface area contributed by atoms with Crippen LogP contribution in [0.5, 0.6) is 0 Å². The molecule has 0 radical (unpaired) electrons. The molecule has 1 aliphatic rings. The fraction of sp³-hybridized carbons (Fsp3) is 0.333. The average Bonchev–Trinajstić information content (AvgIpc) is 2.55. The number of carbonyl (C=O) groups is 2. The highest BCUT2D eigenvalue weighted by molar-refractivity contribution is 6.30. The van der Waals surface area contributed by atoms with Gasteiger partial charge in [-0.3, -0.25) is 0 Å². The van der Waals surface area contributed by atoms with E-state index < -0.39 is 17.9 Å². The lowest BCUT2D eigenvalue weighted by atomic mass is 9.82. The van der Waals surface area contributed by atoms with Gasteiger partial charge in [-0.1, -0.05) is 23.7 Å². The molecule has 0 unspecified atom stereocenters. The van der Waals surface area contributed by atoms with Crippen molar-refractivity contribution >= 4 is 23.5 Å². The van der Waals surface area contributed by atoms with Crippen LogP contribution in [0.15, 0.2) is 47.1 Å². The number of esters is 2. The Kier molecular flexibility index (Phi) is 6.09. The van der Waals surface area contributed by atoms with Gasteiger partial charge in [-0.15, -0.1) is 0 Å². The van der Waals surface area contributed by atoms with Crippen molar-refractivity contribution in [3.05, 3.63) is 57.6 Å². The SMILES string of the molecule is CCOC(=O)C1=C(C)OC(N)=C(C(=O)OCC)[C@@H]1c1ccc(Cl)cc1. The number of halogens is 1. The van der Waals surface area contributed by atoms with Crippen molar-refractivity contribution in [2.75, 3.05) is 13.2 Å². The number of hydrogen-bond acceptors (Lipinski definition) is 6. The van der Waals surface area contributed by atoms with Gasteiger partial charge in [0, 0.05) is 5.02 Å². The number of carbonyl (C=O) groups excluding carboxylic acids is 2. The molecule has 2 N–H and O–H groups in total. The number of ether oxygens (including phenoxy) is 3. The average molecular weight is 366 g/mol. The van der Waals surface area contributed by atoms with Gasteiger partial charge in [0.25, 0.3) is 0 Å². The summed E-state index contributed by atoms with van der Waals surface area (Å²) in [6, 6.07) is 6.78. The molecule has 1 atom stereocenters. The first-order valence-corrected chi connectivity index (χ1v) is 8.26. The van der Waals surface area contributed by atoms with Gasteiger partial charge in [-0.05, 0) is 38.5 Å². The maximum atomic E-state index is 12.5. The van der Waals surface area contributed by atoms with Gasteiger partial charge in [-0.2, -0.15) is 0 Å². The second-order valence-corrected chi connectivity index (χ2v) is 5.71. The summed E-state index contributed by atoms with van der Waals surface area (Å²) < 4.78 is 15.7. The van der Waals surface area contributed by atoms with Crippen molar-refractivity contribution < 1.29 is 23.8 Å². The first kappa shape index (κ1) is 18.9. The van der Waals surface area contributed by atoms with Crippen LogP contribution in [-0.4, -0.2) is 25.2 Å². The molecule has 1 aromatic rings. The van der Waals surface area contributed by atoms with Crippen LogP contribution in [0.3, 0.4) is 0 Å². The lowest BCUT2D eigenvalue weighted by Gasteiger charge is -2.28. The molecule has 2 rings (SSSR count). The molecule has 0 bridgehead atoms. The number of benzene rings is 1. The molecule has 0 saturated heterocycles. The van der Waals surface area contributed by atoms with Gasteiger partial charge in [0.15, 0.2) is 0 Å². The number of allylic oxidation sites excluding steroid dienone is 1. The molecule has 0 aromatic heterocycles. The van der Waals surface area contributed by atoms with E-state index in [1.807, 2.05) is 0 Å². The van der Waals surface area contributed by atoms with Crippen LogP contribution in [0.1, 0.15) is 32.3 Å². The normalized spacial score (nSPS) is 17.2. The van der Waals surface area contributed by atoms with Crippen LogP contribution >= 0.6 is 11.6 Å². The molecule has 7 heteroatoms. The largest absolute Gasteiger partial charge is 0.463 e. The summed E-state index contributed by atoms with van der Waals surface area (Å²) in [5.41, 5.74) is 6.87. The maximum Gasteiger partial charge on any atom is 0.340 e. The predicted octanol–water partition coefficient (Wildman–Crippen LogP) is 3.02. The Morgan fingerprint density at radius 2 is 1.60 bits per heavy atom. The molecule has 0 saturated carbocycles. The third-order valence-corrected chi connectivity index (χ3v) is 3.93. The standard InChI is InChI=1S/C18H20ClNO5/c1-4-23-17(21)13-10(3)25-16(20)15(18(22)24-5-2)14(13)11-6-8-12(19)9-7-11/h6-9,14H,4-5,20H2,1-3H3/t14-/m1/s1. The van der Waals surface area contributed by atoms with Crippen molar-refractivity contribution in [1.82, 2.24) is 0 Å². The quantitative estimate of drug-likeness (QED) is 0.807. The second-order valence-electron chi connectivity index (χ2n) is 5.28. The highest BCUT2D eigenvalue weighted by Gasteiger charge is 2.39. The van der Waals surface area contributed by atoms with E-state index >= 15 is 0 Å². The highest BCUT2D eigenvalue weighted by atomic mass is 35.5. The summed E-state index contributed by atoms with van der Waals surface area (Å²) >= 11 is 5.95. The molecule has 0 fully saturated rings. The van der Waals surface area contributed by atoms with E-state index in [4.69, 9.17) is 31.5 Å². The van der Waals surface area contributed by atoms with E-state index in [0.717, 1.165) is 0 Å². The molecule has 1 heterocycles. The molecule has 1 aliphatic heterocycles. The zero-order valence-corrected chi connectivity index (χ0v) is 15.1. The van der Waals surface area contributed by atoms with Crippen LogP contribution < -0.4 is 5.73 Å². The Morgan fingerprint density at radius 3 is 2.12 bits per heavy atom. The molecule has 0 spiro atoms. The minimum Gasteiger partial charge on any atom is -0.463 e. The van der Waals surface area contributed by atoms with E-state index in [9.17, 15) is 9.59 Å². The summed E-state index contributed by atoms with van der Waals surface area (Å²) in [4.78, 5) is 24.9. The summed E-state index contributed by atoms with van der Waals surface area (Å²) in [5.74, 6) is -1.79. The van der Waals surface area contributed by atoms with Crippen LogP contribution in [0, 0.1) is 0 Å². The number of hydrogen-bond donors (Lipinski definition) is 1. The Labute approximate surface area is 151 Å². The zero-order chi connectivity index (χ0) is 18.6. The highest BCUT2D eigenvalue weighted by Crippen LogP contribution is 2.40. The van der Waals surface area contributed by atoms with Crippen LogP contribution in [0.2, 0.25) is 5.02 Å². The van der Waals surface area contributed by atoms with Crippen molar-refractivity contribution in [2.45, 2.75) is 26.7 Å². The van der Waals surface area contributed by atoms with E-state index in [2.05, 4.69) is 0 Å². The second kappa shape index (κ2) is 8.07. The monoisotopic (exact) mass is 365 g/mol. The fourth-order valence-corrected chi connectivity index (χ4v) is 2.78. The topological polar surface area (TPSA) is 87.9 Å². The third kappa shape index (κ3) is 3.96. The third-order valence-electron chi connectivity index (χ3n) is 3.68. The van der Waals surface area contributed by atoms with Gasteiger partial charge in [0.05, 0.1) is 24.7 Å². The smallest absolute Gasteiger partial charge is 0.340 e. The van der Waals surface area contributed by atoms with Crippen LogP contribution in [0.4, 0.5) is 0 Å². The van der Waals surface area contributed by atoms with E-state index in [1.165, 1.54) is 0 Å². The first-order chi connectivity index (χ1) is 11.9. The van der Waals surface area contributed by atoms with Gasteiger partial charge in [0.1, 0.15) is 11.3 Å². The van der Waals surface area contributed by atoms with Crippen LogP contribution in [0.25, 0.3) is 0 Å². The molecule has 0 amide bonds. The molecular weight excluding hydrogens is 346 g/mol. The number of rotatable bonds is 5.